The molecular formula is C16H12Cl2N2O3. The summed E-state index contributed by atoms with van der Waals surface area (Å²) < 4.78 is 0. The van der Waals surface area contributed by atoms with Crippen LogP contribution in [-0.4, -0.2) is 10.8 Å². The van der Waals surface area contributed by atoms with Crippen LogP contribution >= 0.6 is 23.2 Å². The number of amides is 1. The van der Waals surface area contributed by atoms with E-state index in [1.54, 1.807) is 31.2 Å². The van der Waals surface area contributed by atoms with Crippen molar-refractivity contribution >= 4 is 46.6 Å². The molecular weight excluding hydrogens is 339 g/mol. The van der Waals surface area contributed by atoms with Gasteiger partial charge in [0.1, 0.15) is 5.69 Å². The molecule has 7 heteroatoms. The van der Waals surface area contributed by atoms with Crippen molar-refractivity contribution in [1.82, 2.24) is 0 Å². The summed E-state index contributed by atoms with van der Waals surface area (Å²) in [5, 5.41) is 14.3. The number of hydrogen-bond acceptors (Lipinski definition) is 3. The molecule has 1 N–H and O–H groups in total. The van der Waals surface area contributed by atoms with E-state index in [9.17, 15) is 14.9 Å². The van der Waals surface area contributed by atoms with Crippen LogP contribution in [0.2, 0.25) is 10.0 Å². The second-order valence-corrected chi connectivity index (χ2v) is 5.59. The lowest BCUT2D eigenvalue weighted by atomic mass is 10.2. The summed E-state index contributed by atoms with van der Waals surface area (Å²) in [7, 11) is 0. The van der Waals surface area contributed by atoms with Gasteiger partial charge < -0.3 is 5.32 Å². The number of nitrogens with zero attached hydrogens (tertiary/aromatic N) is 1. The maximum absolute atomic E-state index is 11.9. The van der Waals surface area contributed by atoms with Crippen LogP contribution in [0, 0.1) is 17.0 Å². The molecule has 0 spiro atoms. The third kappa shape index (κ3) is 4.55. The Morgan fingerprint density at radius 1 is 1.17 bits per heavy atom. The van der Waals surface area contributed by atoms with Gasteiger partial charge in [-0.3, -0.25) is 14.9 Å². The number of benzene rings is 2. The summed E-state index contributed by atoms with van der Waals surface area (Å²) in [5.74, 6) is -0.483. The molecule has 0 aromatic heterocycles. The fourth-order valence-electron chi connectivity index (χ4n) is 1.86. The topological polar surface area (TPSA) is 72.2 Å². The number of anilines is 1. The zero-order valence-electron chi connectivity index (χ0n) is 12.0. The molecule has 1 amide bonds. The Bertz CT molecular complexity index is 804. The largest absolute Gasteiger partial charge is 0.317 e. The third-order valence-corrected chi connectivity index (χ3v) is 3.72. The summed E-state index contributed by atoms with van der Waals surface area (Å²) in [5.41, 5.74) is 1.42. The normalized spacial score (nSPS) is 10.7. The smallest absolute Gasteiger partial charge is 0.293 e. The van der Waals surface area contributed by atoms with Gasteiger partial charge in [-0.2, -0.15) is 0 Å². The molecule has 0 radical (unpaired) electrons. The fraction of sp³-hybridized carbons (Fsp3) is 0.0625. The molecule has 5 nitrogen and oxygen atoms in total. The van der Waals surface area contributed by atoms with Crippen LogP contribution in [0.3, 0.4) is 0 Å². The molecule has 0 fully saturated rings. The van der Waals surface area contributed by atoms with Crippen LogP contribution in [0.4, 0.5) is 11.4 Å². The predicted octanol–water partition coefficient (Wildman–Crippen LogP) is 4.86. The molecule has 2 aromatic rings. The van der Waals surface area contributed by atoms with Crippen LogP contribution in [0.5, 0.6) is 0 Å². The molecule has 0 atom stereocenters. The molecule has 2 rings (SSSR count). The first-order valence-electron chi connectivity index (χ1n) is 6.56. The zero-order valence-corrected chi connectivity index (χ0v) is 13.6. The average Bonchev–Trinajstić information content (AvgIpc) is 2.50. The minimum atomic E-state index is -0.536. The predicted molar refractivity (Wildman–Crippen MR) is 92.0 cm³/mol. The number of nitro benzene ring substituents is 1. The maximum Gasteiger partial charge on any atom is 0.293 e. The summed E-state index contributed by atoms with van der Waals surface area (Å²) in [4.78, 5) is 22.4. The van der Waals surface area contributed by atoms with E-state index in [0.29, 0.717) is 15.6 Å². The summed E-state index contributed by atoms with van der Waals surface area (Å²) >= 11 is 11.7. The molecule has 2 aromatic carbocycles. The molecule has 0 saturated heterocycles. The Labute approximate surface area is 142 Å². The number of aryl methyl sites for hydroxylation is 1. The first-order valence-corrected chi connectivity index (χ1v) is 7.31. The van der Waals surface area contributed by atoms with E-state index < -0.39 is 10.8 Å². The first-order chi connectivity index (χ1) is 10.9. The van der Waals surface area contributed by atoms with Crippen molar-refractivity contribution in [2.45, 2.75) is 6.92 Å². The van der Waals surface area contributed by atoms with Crippen molar-refractivity contribution in [3.8, 4) is 0 Å². The van der Waals surface area contributed by atoms with Crippen molar-refractivity contribution in [1.29, 1.82) is 0 Å². The lowest BCUT2D eigenvalue weighted by molar-refractivity contribution is -0.384. The number of nitrogens with one attached hydrogen (secondary N) is 1. The molecule has 0 aliphatic heterocycles. The number of nitro groups is 1. The van der Waals surface area contributed by atoms with Crippen LogP contribution in [0.1, 0.15) is 11.1 Å². The van der Waals surface area contributed by atoms with Crippen molar-refractivity contribution in [3.63, 3.8) is 0 Å². The molecule has 0 unspecified atom stereocenters. The Balaban J connectivity index is 2.15. The summed E-state index contributed by atoms with van der Waals surface area (Å²) in [6.45, 7) is 1.74. The number of carbonyl (C=O) groups is 1. The molecule has 0 saturated carbocycles. The quantitative estimate of drug-likeness (QED) is 0.486. The van der Waals surface area contributed by atoms with Crippen molar-refractivity contribution in [3.05, 3.63) is 73.8 Å². The zero-order chi connectivity index (χ0) is 17.0. The Kier molecular flexibility index (Phi) is 5.36. The van der Waals surface area contributed by atoms with Crippen LogP contribution in [0.25, 0.3) is 6.08 Å². The van der Waals surface area contributed by atoms with Crippen molar-refractivity contribution in [2.24, 2.45) is 0 Å². The van der Waals surface area contributed by atoms with Crippen molar-refractivity contribution in [2.75, 3.05) is 5.32 Å². The van der Waals surface area contributed by atoms with E-state index in [0.717, 1.165) is 5.56 Å². The van der Waals surface area contributed by atoms with E-state index in [2.05, 4.69) is 5.32 Å². The van der Waals surface area contributed by atoms with Crippen LogP contribution in [-0.2, 0) is 4.79 Å². The van der Waals surface area contributed by atoms with Gasteiger partial charge >= 0.3 is 0 Å². The highest BCUT2D eigenvalue weighted by molar-refractivity contribution is 6.42. The van der Waals surface area contributed by atoms with E-state index in [1.165, 1.54) is 24.3 Å². The van der Waals surface area contributed by atoms with E-state index >= 15 is 0 Å². The van der Waals surface area contributed by atoms with E-state index in [1.807, 2.05) is 0 Å². The first kappa shape index (κ1) is 17.0. The highest BCUT2D eigenvalue weighted by Crippen LogP contribution is 2.26. The second kappa shape index (κ2) is 7.26. The average molecular weight is 351 g/mol. The molecule has 0 aliphatic rings. The van der Waals surface area contributed by atoms with Crippen LogP contribution < -0.4 is 5.32 Å². The van der Waals surface area contributed by atoms with E-state index in [4.69, 9.17) is 23.2 Å². The Morgan fingerprint density at radius 2 is 1.91 bits per heavy atom. The maximum atomic E-state index is 11.9. The SMILES string of the molecule is Cc1ccc(NC(=O)/C=C/c2ccc(Cl)c(Cl)c2)c([N+](=O)[O-])c1. The number of halogens is 2. The Hall–Kier alpha value is -2.37. The van der Waals surface area contributed by atoms with Gasteiger partial charge in [-0.05, 0) is 42.3 Å². The van der Waals surface area contributed by atoms with Gasteiger partial charge in [0.15, 0.2) is 0 Å². The number of hydrogen-bond donors (Lipinski definition) is 1. The molecule has 23 heavy (non-hydrogen) atoms. The van der Waals surface area contributed by atoms with Gasteiger partial charge in [0.25, 0.3) is 5.69 Å². The number of carbonyl (C=O) groups excluding carboxylic acids is 1. The summed E-state index contributed by atoms with van der Waals surface area (Å²) in [6, 6.07) is 9.52. The highest BCUT2D eigenvalue weighted by Gasteiger charge is 2.14. The monoisotopic (exact) mass is 350 g/mol. The highest BCUT2D eigenvalue weighted by atomic mass is 35.5. The van der Waals surface area contributed by atoms with Gasteiger partial charge in [-0.1, -0.05) is 35.3 Å². The Morgan fingerprint density at radius 3 is 2.57 bits per heavy atom. The molecule has 0 bridgehead atoms. The second-order valence-electron chi connectivity index (χ2n) is 4.77. The fourth-order valence-corrected chi connectivity index (χ4v) is 2.17. The minimum absolute atomic E-state index is 0.143. The van der Waals surface area contributed by atoms with Gasteiger partial charge in [-0.25, -0.2) is 0 Å². The molecule has 0 heterocycles. The third-order valence-electron chi connectivity index (χ3n) is 2.98. The van der Waals surface area contributed by atoms with Gasteiger partial charge in [0.05, 0.1) is 15.0 Å². The minimum Gasteiger partial charge on any atom is -0.317 e. The lowest BCUT2D eigenvalue weighted by Gasteiger charge is -2.04. The number of rotatable bonds is 4. The van der Waals surface area contributed by atoms with Gasteiger partial charge in [0, 0.05) is 12.1 Å². The van der Waals surface area contributed by atoms with Crippen molar-refractivity contribution < 1.29 is 9.72 Å². The van der Waals surface area contributed by atoms with E-state index in [-0.39, 0.29) is 11.4 Å². The van der Waals surface area contributed by atoms with Gasteiger partial charge in [0.2, 0.25) is 5.91 Å². The molecule has 118 valence electrons. The summed E-state index contributed by atoms with van der Waals surface area (Å²) in [6.07, 6.45) is 2.81. The standard InChI is InChI=1S/C16H12Cl2N2O3/c1-10-2-6-14(15(8-10)20(22)23)19-16(21)7-4-11-3-5-12(17)13(18)9-11/h2-9H,1H3,(H,19,21)/b7-4+. The van der Waals surface area contributed by atoms with Gasteiger partial charge in [-0.15, -0.1) is 0 Å². The van der Waals surface area contributed by atoms with Crippen LogP contribution in [0.15, 0.2) is 42.5 Å². The lowest BCUT2D eigenvalue weighted by Crippen LogP contribution is -2.09. The molecule has 0 aliphatic carbocycles.